The predicted molar refractivity (Wildman–Crippen MR) is 68.2 cm³/mol. The van der Waals surface area contributed by atoms with Crippen LogP contribution in [0.25, 0.3) is 0 Å². The van der Waals surface area contributed by atoms with E-state index < -0.39 is 10.0 Å². The van der Waals surface area contributed by atoms with Crippen LogP contribution in [0, 0.1) is 0 Å². The summed E-state index contributed by atoms with van der Waals surface area (Å²) >= 11 is 1.51. The highest BCUT2D eigenvalue weighted by Gasteiger charge is 2.24. The molecule has 1 aliphatic rings. The smallest absolute Gasteiger partial charge is 0.259 e. The fraction of sp³-hybridized carbons (Fsp3) is 0.455. The first kappa shape index (κ1) is 11.7. The molecule has 0 spiro atoms. The van der Waals surface area contributed by atoms with Gasteiger partial charge in [-0.3, -0.25) is 4.31 Å². The largest absolute Gasteiger partial charge is 0.269 e. The van der Waals surface area contributed by atoms with Gasteiger partial charge in [0.1, 0.15) is 0 Å². The Balaban J connectivity index is 2.28. The highest BCUT2D eigenvalue weighted by atomic mass is 32.2. The Morgan fingerprint density at radius 1 is 1.38 bits per heavy atom. The summed E-state index contributed by atoms with van der Waals surface area (Å²) in [6.07, 6.45) is 5.49. The van der Waals surface area contributed by atoms with Gasteiger partial charge < -0.3 is 0 Å². The van der Waals surface area contributed by atoms with E-state index in [1.54, 1.807) is 7.05 Å². The molecule has 0 fully saturated rings. The number of rotatable bonds is 3. The third-order valence-electron chi connectivity index (χ3n) is 2.81. The Bertz CT molecular complexity index is 474. The molecule has 0 aliphatic heterocycles. The minimum absolute atomic E-state index is 0.576. The van der Waals surface area contributed by atoms with E-state index in [4.69, 9.17) is 0 Å². The van der Waals surface area contributed by atoms with Crippen molar-refractivity contribution in [1.82, 2.24) is 0 Å². The quantitative estimate of drug-likeness (QED) is 0.835. The third kappa shape index (κ3) is 2.15. The van der Waals surface area contributed by atoms with Crippen molar-refractivity contribution in [3.05, 3.63) is 27.8 Å². The van der Waals surface area contributed by atoms with Crippen molar-refractivity contribution < 1.29 is 8.42 Å². The van der Waals surface area contributed by atoms with Gasteiger partial charge >= 0.3 is 0 Å². The average molecular weight is 257 g/mol. The predicted octanol–water partition coefficient (Wildman–Crippen LogP) is 2.97. The number of hydrogen-bond acceptors (Lipinski definition) is 3. The molecule has 5 heteroatoms. The van der Waals surface area contributed by atoms with Crippen molar-refractivity contribution in [3.63, 3.8) is 0 Å². The van der Waals surface area contributed by atoms with Crippen LogP contribution in [0.15, 0.2) is 27.8 Å². The molecule has 0 bridgehead atoms. The molecule has 0 amide bonds. The minimum atomic E-state index is -3.28. The van der Waals surface area contributed by atoms with Crippen LogP contribution in [0.2, 0.25) is 0 Å². The molecule has 0 unspecified atom stereocenters. The summed E-state index contributed by atoms with van der Waals surface area (Å²) in [5.41, 5.74) is 0.747. The number of nitrogens with zero attached hydrogens (tertiary/aromatic N) is 1. The van der Waals surface area contributed by atoms with Gasteiger partial charge in [0.25, 0.3) is 10.0 Å². The van der Waals surface area contributed by atoms with Crippen LogP contribution in [0.3, 0.4) is 0 Å². The van der Waals surface area contributed by atoms with Gasteiger partial charge in [-0.15, -0.1) is 0 Å². The van der Waals surface area contributed by atoms with Gasteiger partial charge in [0, 0.05) is 12.4 Å². The van der Waals surface area contributed by atoms with Crippen molar-refractivity contribution >= 4 is 27.0 Å². The zero-order chi connectivity index (χ0) is 11.6. The summed E-state index contributed by atoms with van der Waals surface area (Å²) in [4.78, 5) is 0.576. The minimum Gasteiger partial charge on any atom is -0.269 e. The Morgan fingerprint density at radius 2 is 2.19 bits per heavy atom. The summed E-state index contributed by atoms with van der Waals surface area (Å²) in [5.74, 6) is 0. The second kappa shape index (κ2) is 4.59. The SMILES string of the molecule is CN(c1ccsc1)S(=O)(=O)C1=CCCCC1. The molecular formula is C11H15NO2S2. The number of anilines is 1. The van der Waals surface area contributed by atoms with Crippen LogP contribution in [0.5, 0.6) is 0 Å². The summed E-state index contributed by atoms with van der Waals surface area (Å²) in [5, 5.41) is 3.73. The third-order valence-corrected chi connectivity index (χ3v) is 5.45. The van der Waals surface area contributed by atoms with Gasteiger partial charge in [0.15, 0.2) is 0 Å². The lowest BCUT2D eigenvalue weighted by atomic mass is 10.1. The van der Waals surface area contributed by atoms with Gasteiger partial charge in [0.05, 0.1) is 10.6 Å². The van der Waals surface area contributed by atoms with Crippen LogP contribution in [0.4, 0.5) is 5.69 Å². The molecule has 0 saturated heterocycles. The summed E-state index contributed by atoms with van der Waals surface area (Å²) in [6, 6.07) is 1.83. The molecule has 1 heterocycles. The Labute approximate surface area is 100 Å². The van der Waals surface area contributed by atoms with Gasteiger partial charge in [-0.2, -0.15) is 11.3 Å². The maximum Gasteiger partial charge on any atom is 0.259 e. The van der Waals surface area contributed by atoms with Crippen LogP contribution in [-0.2, 0) is 10.0 Å². The Kier molecular flexibility index (Phi) is 3.35. The fourth-order valence-electron chi connectivity index (χ4n) is 1.79. The molecule has 1 aromatic heterocycles. The van der Waals surface area contributed by atoms with E-state index in [9.17, 15) is 8.42 Å². The van der Waals surface area contributed by atoms with E-state index in [0.29, 0.717) is 11.3 Å². The molecule has 3 nitrogen and oxygen atoms in total. The van der Waals surface area contributed by atoms with Crippen molar-refractivity contribution in [3.8, 4) is 0 Å². The molecule has 88 valence electrons. The summed E-state index contributed by atoms with van der Waals surface area (Å²) in [6.45, 7) is 0. The van der Waals surface area contributed by atoms with Crippen molar-refractivity contribution in [2.24, 2.45) is 0 Å². The summed E-state index contributed by atoms with van der Waals surface area (Å²) < 4.78 is 25.9. The first-order valence-electron chi connectivity index (χ1n) is 5.32. The number of hydrogen-bond donors (Lipinski definition) is 0. The zero-order valence-corrected chi connectivity index (χ0v) is 10.9. The van der Waals surface area contributed by atoms with Crippen LogP contribution >= 0.6 is 11.3 Å². The summed E-state index contributed by atoms with van der Waals surface area (Å²) in [7, 11) is -1.67. The molecule has 0 saturated carbocycles. The maximum absolute atomic E-state index is 12.2. The van der Waals surface area contributed by atoms with E-state index in [0.717, 1.165) is 24.9 Å². The number of allylic oxidation sites excluding steroid dienone is 2. The van der Waals surface area contributed by atoms with E-state index in [1.165, 1.54) is 15.6 Å². The molecule has 2 rings (SSSR count). The first-order valence-corrected chi connectivity index (χ1v) is 7.71. The highest BCUT2D eigenvalue weighted by molar-refractivity contribution is 7.96. The molecule has 0 aromatic carbocycles. The molecule has 0 atom stereocenters. The molecular weight excluding hydrogens is 242 g/mol. The van der Waals surface area contributed by atoms with Gasteiger partial charge in [-0.1, -0.05) is 6.08 Å². The molecule has 1 aromatic rings. The average Bonchev–Trinajstić information content (AvgIpc) is 2.82. The number of sulfonamides is 1. The Morgan fingerprint density at radius 3 is 2.75 bits per heavy atom. The maximum atomic E-state index is 12.2. The van der Waals surface area contributed by atoms with Crippen LogP contribution in [-0.4, -0.2) is 15.5 Å². The lowest BCUT2D eigenvalue weighted by Crippen LogP contribution is -2.28. The fourth-order valence-corrected chi connectivity index (χ4v) is 4.01. The molecule has 1 aliphatic carbocycles. The van der Waals surface area contributed by atoms with E-state index in [-0.39, 0.29) is 0 Å². The van der Waals surface area contributed by atoms with Crippen molar-refractivity contribution in [1.29, 1.82) is 0 Å². The monoisotopic (exact) mass is 257 g/mol. The second-order valence-electron chi connectivity index (χ2n) is 3.87. The van der Waals surface area contributed by atoms with Gasteiger partial charge in [-0.25, -0.2) is 8.42 Å². The molecule has 16 heavy (non-hydrogen) atoms. The topological polar surface area (TPSA) is 37.4 Å². The van der Waals surface area contributed by atoms with E-state index >= 15 is 0 Å². The van der Waals surface area contributed by atoms with E-state index in [1.807, 2.05) is 22.9 Å². The standard InChI is InChI=1S/C11H15NO2S2/c1-12(10-7-8-15-9-10)16(13,14)11-5-3-2-4-6-11/h5,7-9H,2-4,6H2,1H3. The van der Waals surface area contributed by atoms with Crippen molar-refractivity contribution in [2.45, 2.75) is 25.7 Å². The molecule has 0 N–H and O–H groups in total. The van der Waals surface area contributed by atoms with E-state index in [2.05, 4.69) is 0 Å². The van der Waals surface area contributed by atoms with Crippen molar-refractivity contribution in [2.75, 3.05) is 11.4 Å². The number of thiophene rings is 1. The second-order valence-corrected chi connectivity index (χ2v) is 6.67. The van der Waals surface area contributed by atoms with Gasteiger partial charge in [0.2, 0.25) is 0 Å². The lowest BCUT2D eigenvalue weighted by Gasteiger charge is -2.21. The molecule has 0 radical (unpaired) electrons. The van der Waals surface area contributed by atoms with Crippen LogP contribution in [0.1, 0.15) is 25.7 Å². The Hall–Kier alpha value is -0.810. The normalized spacial score (nSPS) is 16.9. The van der Waals surface area contributed by atoms with Crippen LogP contribution < -0.4 is 4.31 Å². The first-order chi connectivity index (χ1) is 7.62. The lowest BCUT2D eigenvalue weighted by molar-refractivity contribution is 0.593. The zero-order valence-electron chi connectivity index (χ0n) is 9.22. The van der Waals surface area contributed by atoms with Gasteiger partial charge in [-0.05, 0) is 37.1 Å². The highest BCUT2D eigenvalue weighted by Crippen LogP contribution is 2.28.